The van der Waals surface area contributed by atoms with Crippen LogP contribution in [0.3, 0.4) is 0 Å². The van der Waals surface area contributed by atoms with Crippen LogP contribution in [0.25, 0.3) is 0 Å². The lowest BCUT2D eigenvalue weighted by Crippen LogP contribution is -2.35. The molecule has 27 heavy (non-hydrogen) atoms. The molecule has 146 valence electrons. The Morgan fingerprint density at radius 1 is 1.07 bits per heavy atom. The maximum atomic E-state index is 12.1. The molecule has 2 aromatic rings. The van der Waals surface area contributed by atoms with Crippen LogP contribution in [0.2, 0.25) is 0 Å². The fourth-order valence-corrected chi connectivity index (χ4v) is 3.12. The van der Waals surface area contributed by atoms with Gasteiger partial charge in [-0.1, -0.05) is 19.1 Å². The Balaban J connectivity index is 2.36. The van der Waals surface area contributed by atoms with Gasteiger partial charge in [0, 0.05) is 14.1 Å². The zero-order valence-electron chi connectivity index (χ0n) is 17.2. The number of hydrogen-bond donors (Lipinski definition) is 1. The van der Waals surface area contributed by atoms with Gasteiger partial charge < -0.3 is 14.8 Å². The van der Waals surface area contributed by atoms with Gasteiger partial charge in [-0.05, 0) is 62.1 Å². The molecule has 5 nitrogen and oxygen atoms in total. The van der Waals surface area contributed by atoms with Gasteiger partial charge in [-0.3, -0.25) is 4.90 Å². The second-order valence-electron chi connectivity index (χ2n) is 6.49. The van der Waals surface area contributed by atoms with E-state index in [9.17, 15) is 4.79 Å². The third kappa shape index (κ3) is 4.73. The summed E-state index contributed by atoms with van der Waals surface area (Å²) in [6, 6.07) is 9.76. The minimum Gasteiger partial charge on any atom is -0.493 e. The maximum absolute atomic E-state index is 12.1. The van der Waals surface area contributed by atoms with Crippen LogP contribution >= 0.6 is 0 Å². The Morgan fingerprint density at radius 2 is 1.81 bits per heavy atom. The second kappa shape index (κ2) is 9.31. The number of carbonyl (C=O) groups is 1. The van der Waals surface area contributed by atoms with E-state index in [4.69, 9.17) is 9.47 Å². The molecule has 0 unspecified atom stereocenters. The number of urea groups is 1. The minimum atomic E-state index is -0.191. The maximum Gasteiger partial charge on any atom is 0.321 e. The van der Waals surface area contributed by atoms with Gasteiger partial charge in [0.2, 0.25) is 0 Å². The van der Waals surface area contributed by atoms with Crippen molar-refractivity contribution in [1.29, 1.82) is 0 Å². The van der Waals surface area contributed by atoms with Crippen molar-refractivity contribution in [2.24, 2.45) is 0 Å². The zero-order chi connectivity index (χ0) is 20.0. The summed E-state index contributed by atoms with van der Waals surface area (Å²) in [6.07, 6.45) is 1.00. The number of carbonyl (C=O) groups excluding carboxylic acids is 1. The number of anilines is 1. The molecule has 0 spiro atoms. The molecular formula is C22H30N2O3. The van der Waals surface area contributed by atoms with E-state index in [0.717, 1.165) is 34.7 Å². The molecular weight excluding hydrogens is 340 g/mol. The number of amides is 2. The summed E-state index contributed by atoms with van der Waals surface area (Å²) in [4.78, 5) is 13.7. The Bertz CT molecular complexity index is 802. The van der Waals surface area contributed by atoms with E-state index >= 15 is 0 Å². The first-order valence-electron chi connectivity index (χ1n) is 9.35. The standard InChI is InChI=1S/C22H30N2O3/c1-7-17-12-16(4)21(13-15(17)3)27-14-18-19(24(6)22(25)23-5)10-9-11-20(18)26-8-2/h9-13H,7-8,14H2,1-6H3,(H,23,25). The smallest absolute Gasteiger partial charge is 0.321 e. The molecule has 2 amide bonds. The van der Waals surface area contributed by atoms with Crippen LogP contribution in [0.15, 0.2) is 30.3 Å². The number of aryl methyl sites for hydroxylation is 3. The zero-order valence-corrected chi connectivity index (χ0v) is 17.2. The summed E-state index contributed by atoms with van der Waals surface area (Å²) in [5.41, 5.74) is 5.27. The van der Waals surface area contributed by atoms with Crippen LogP contribution in [-0.4, -0.2) is 26.7 Å². The van der Waals surface area contributed by atoms with Crippen molar-refractivity contribution in [3.05, 3.63) is 52.6 Å². The highest BCUT2D eigenvalue weighted by atomic mass is 16.5. The Kier molecular flexibility index (Phi) is 7.11. The lowest BCUT2D eigenvalue weighted by atomic mass is 10.0. The first kappa shape index (κ1) is 20.6. The first-order chi connectivity index (χ1) is 12.9. The fourth-order valence-electron chi connectivity index (χ4n) is 3.12. The van der Waals surface area contributed by atoms with Crippen molar-refractivity contribution in [2.45, 2.75) is 40.7 Å². The van der Waals surface area contributed by atoms with E-state index in [1.807, 2.05) is 25.1 Å². The molecule has 0 saturated heterocycles. The molecule has 2 aromatic carbocycles. The van der Waals surface area contributed by atoms with Gasteiger partial charge in [0.15, 0.2) is 0 Å². The summed E-state index contributed by atoms with van der Waals surface area (Å²) in [6.45, 7) is 9.12. The largest absolute Gasteiger partial charge is 0.493 e. The summed E-state index contributed by atoms with van der Waals surface area (Å²) in [7, 11) is 3.35. The number of ether oxygens (including phenoxy) is 2. The first-order valence-corrected chi connectivity index (χ1v) is 9.35. The van der Waals surface area contributed by atoms with E-state index in [1.54, 1.807) is 19.0 Å². The van der Waals surface area contributed by atoms with Crippen LogP contribution in [0.1, 0.15) is 36.1 Å². The number of benzene rings is 2. The van der Waals surface area contributed by atoms with Crippen molar-refractivity contribution in [2.75, 3.05) is 25.6 Å². The summed E-state index contributed by atoms with van der Waals surface area (Å²) in [5.74, 6) is 1.58. The van der Waals surface area contributed by atoms with Gasteiger partial charge in [-0.2, -0.15) is 0 Å². The normalized spacial score (nSPS) is 10.4. The van der Waals surface area contributed by atoms with Crippen LogP contribution in [0.5, 0.6) is 11.5 Å². The van der Waals surface area contributed by atoms with Crippen LogP contribution < -0.4 is 19.7 Å². The minimum absolute atomic E-state index is 0.191. The van der Waals surface area contributed by atoms with Gasteiger partial charge in [-0.15, -0.1) is 0 Å². The van der Waals surface area contributed by atoms with E-state index in [1.165, 1.54) is 11.1 Å². The summed E-state index contributed by atoms with van der Waals surface area (Å²) >= 11 is 0. The molecule has 0 aliphatic carbocycles. The van der Waals surface area contributed by atoms with Gasteiger partial charge in [0.05, 0.1) is 17.9 Å². The number of nitrogens with one attached hydrogen (secondary N) is 1. The highest BCUT2D eigenvalue weighted by Crippen LogP contribution is 2.32. The molecule has 0 fully saturated rings. The van der Waals surface area contributed by atoms with Gasteiger partial charge in [0.25, 0.3) is 0 Å². The molecule has 0 atom stereocenters. The monoisotopic (exact) mass is 370 g/mol. The summed E-state index contributed by atoms with van der Waals surface area (Å²) in [5, 5.41) is 2.65. The molecule has 0 aliphatic rings. The van der Waals surface area contributed by atoms with Crippen molar-refractivity contribution in [3.63, 3.8) is 0 Å². The highest BCUT2D eigenvalue weighted by molar-refractivity contribution is 5.92. The Morgan fingerprint density at radius 3 is 2.44 bits per heavy atom. The van der Waals surface area contributed by atoms with Crippen molar-refractivity contribution in [3.8, 4) is 11.5 Å². The third-order valence-electron chi connectivity index (χ3n) is 4.67. The molecule has 0 aromatic heterocycles. The molecule has 0 saturated carbocycles. The summed E-state index contributed by atoms with van der Waals surface area (Å²) < 4.78 is 11.9. The number of rotatable bonds is 7. The second-order valence-corrected chi connectivity index (χ2v) is 6.49. The van der Waals surface area contributed by atoms with E-state index in [0.29, 0.717) is 13.2 Å². The molecule has 0 aliphatic heterocycles. The lowest BCUT2D eigenvalue weighted by Gasteiger charge is -2.23. The molecule has 0 heterocycles. The topological polar surface area (TPSA) is 50.8 Å². The predicted octanol–water partition coefficient (Wildman–Crippen LogP) is 4.62. The van der Waals surface area contributed by atoms with Crippen molar-refractivity contribution < 1.29 is 14.3 Å². The SMILES string of the molecule is CCOc1cccc(N(C)C(=O)NC)c1COc1cc(C)c(CC)cc1C. The van der Waals surface area contributed by atoms with Gasteiger partial charge >= 0.3 is 6.03 Å². The van der Waals surface area contributed by atoms with Crippen LogP contribution in [0.4, 0.5) is 10.5 Å². The quantitative estimate of drug-likeness (QED) is 0.774. The fraction of sp³-hybridized carbons (Fsp3) is 0.409. The van der Waals surface area contributed by atoms with E-state index in [-0.39, 0.29) is 6.03 Å². The Hall–Kier alpha value is -2.69. The number of nitrogens with zero attached hydrogens (tertiary/aromatic N) is 1. The Labute approximate surface area is 162 Å². The highest BCUT2D eigenvalue weighted by Gasteiger charge is 2.18. The molecule has 1 N–H and O–H groups in total. The average Bonchev–Trinajstić information content (AvgIpc) is 2.67. The molecule has 0 bridgehead atoms. The number of hydrogen-bond acceptors (Lipinski definition) is 3. The molecule has 5 heteroatoms. The van der Waals surface area contributed by atoms with Gasteiger partial charge in [-0.25, -0.2) is 4.79 Å². The van der Waals surface area contributed by atoms with E-state index in [2.05, 4.69) is 38.2 Å². The third-order valence-corrected chi connectivity index (χ3v) is 4.67. The van der Waals surface area contributed by atoms with Gasteiger partial charge in [0.1, 0.15) is 18.1 Å². The van der Waals surface area contributed by atoms with Crippen molar-refractivity contribution in [1.82, 2.24) is 5.32 Å². The molecule has 2 rings (SSSR count). The van der Waals surface area contributed by atoms with Crippen LogP contribution in [-0.2, 0) is 13.0 Å². The lowest BCUT2D eigenvalue weighted by molar-refractivity contribution is 0.249. The predicted molar refractivity (Wildman–Crippen MR) is 110 cm³/mol. The van der Waals surface area contributed by atoms with E-state index < -0.39 is 0 Å². The van der Waals surface area contributed by atoms with Crippen molar-refractivity contribution >= 4 is 11.7 Å². The molecule has 0 radical (unpaired) electrons. The van der Waals surface area contributed by atoms with Crippen LogP contribution in [0, 0.1) is 13.8 Å². The average molecular weight is 370 g/mol.